The average Bonchev–Trinajstić information content (AvgIpc) is 2.10. The van der Waals surface area contributed by atoms with Gasteiger partial charge in [0.1, 0.15) is 9.84 Å². The predicted octanol–water partition coefficient (Wildman–Crippen LogP) is -0.937. The maximum atomic E-state index is 10.9. The van der Waals surface area contributed by atoms with Crippen LogP contribution in [0.3, 0.4) is 0 Å². The summed E-state index contributed by atoms with van der Waals surface area (Å²) in [5, 5.41) is 9.63. The molecule has 0 aliphatic rings. The first-order chi connectivity index (χ1) is 6.66. The second-order valence-corrected chi connectivity index (χ2v) is 6.64. The van der Waals surface area contributed by atoms with Crippen molar-refractivity contribution in [1.82, 2.24) is 4.90 Å². The lowest BCUT2D eigenvalue weighted by molar-refractivity contribution is 0.0510. The minimum Gasteiger partial charge on any atom is -0.389 e. The second kappa shape index (κ2) is 5.79. The van der Waals surface area contributed by atoms with Crippen LogP contribution in [0, 0.1) is 0 Å². The topological polar surface area (TPSA) is 83.6 Å². The third-order valence-electron chi connectivity index (χ3n) is 2.32. The van der Waals surface area contributed by atoms with Gasteiger partial charge >= 0.3 is 0 Å². The second-order valence-electron chi connectivity index (χ2n) is 4.38. The Hall–Kier alpha value is -0.170. The van der Waals surface area contributed by atoms with Crippen LogP contribution in [-0.4, -0.2) is 62.7 Å². The van der Waals surface area contributed by atoms with E-state index in [0.29, 0.717) is 19.5 Å². The van der Waals surface area contributed by atoms with Gasteiger partial charge in [-0.05, 0) is 20.4 Å². The summed E-state index contributed by atoms with van der Waals surface area (Å²) in [6.45, 7) is 3.02. The number of aliphatic hydroxyl groups is 1. The molecule has 0 heterocycles. The van der Waals surface area contributed by atoms with E-state index in [2.05, 4.69) is 0 Å². The van der Waals surface area contributed by atoms with Crippen LogP contribution in [0.15, 0.2) is 0 Å². The molecule has 0 spiro atoms. The van der Waals surface area contributed by atoms with Crippen molar-refractivity contribution >= 4 is 9.84 Å². The lowest BCUT2D eigenvalue weighted by Gasteiger charge is -2.24. The summed E-state index contributed by atoms with van der Waals surface area (Å²) in [5.74, 6) is 0.147. The van der Waals surface area contributed by atoms with Gasteiger partial charge in [0.2, 0.25) is 0 Å². The van der Waals surface area contributed by atoms with Gasteiger partial charge in [-0.3, -0.25) is 0 Å². The van der Waals surface area contributed by atoms with E-state index < -0.39 is 15.4 Å². The predicted molar refractivity (Wildman–Crippen MR) is 61.5 cm³/mol. The molecular weight excluding hydrogens is 216 g/mol. The lowest BCUT2D eigenvalue weighted by atomic mass is 10.0. The van der Waals surface area contributed by atoms with Crippen molar-refractivity contribution in [3.8, 4) is 0 Å². The van der Waals surface area contributed by atoms with Crippen molar-refractivity contribution in [1.29, 1.82) is 0 Å². The molecule has 0 radical (unpaired) electrons. The molecule has 0 aliphatic heterocycles. The number of nitrogens with zero attached hydrogens (tertiary/aromatic N) is 1. The van der Waals surface area contributed by atoms with Crippen molar-refractivity contribution in [2.24, 2.45) is 5.73 Å². The smallest absolute Gasteiger partial charge is 0.148 e. The van der Waals surface area contributed by atoms with Crippen molar-refractivity contribution in [3.05, 3.63) is 0 Å². The summed E-state index contributed by atoms with van der Waals surface area (Å²) in [7, 11) is -1.08. The molecule has 0 aromatic carbocycles. The first-order valence-electron chi connectivity index (χ1n) is 4.95. The Morgan fingerprint density at radius 1 is 1.40 bits per heavy atom. The molecule has 6 heteroatoms. The highest BCUT2D eigenvalue weighted by Gasteiger charge is 2.18. The van der Waals surface area contributed by atoms with E-state index in [-0.39, 0.29) is 12.3 Å². The number of rotatable bonds is 7. The minimum atomic E-state index is -2.91. The molecule has 15 heavy (non-hydrogen) atoms. The number of hydrogen-bond acceptors (Lipinski definition) is 5. The van der Waals surface area contributed by atoms with Gasteiger partial charge in [0.15, 0.2) is 0 Å². The molecular formula is C9H22N2O3S. The molecule has 0 aromatic heterocycles. The molecule has 5 nitrogen and oxygen atoms in total. The van der Waals surface area contributed by atoms with Gasteiger partial charge < -0.3 is 15.7 Å². The molecule has 1 unspecified atom stereocenters. The highest BCUT2D eigenvalue weighted by molar-refractivity contribution is 7.90. The molecule has 92 valence electrons. The molecule has 0 aliphatic carbocycles. The highest BCUT2D eigenvalue weighted by atomic mass is 32.2. The zero-order valence-electron chi connectivity index (χ0n) is 9.73. The van der Waals surface area contributed by atoms with E-state index in [1.165, 1.54) is 6.26 Å². The molecule has 0 bridgehead atoms. The Labute approximate surface area is 92.2 Å². The van der Waals surface area contributed by atoms with Crippen molar-refractivity contribution in [2.75, 3.05) is 38.7 Å². The number of nitrogens with two attached hydrogens (primary N) is 1. The summed E-state index contributed by atoms with van der Waals surface area (Å²) < 4.78 is 21.8. The fourth-order valence-electron chi connectivity index (χ4n) is 0.967. The normalized spacial score (nSPS) is 16.7. The van der Waals surface area contributed by atoms with E-state index >= 15 is 0 Å². The molecule has 3 N–H and O–H groups in total. The van der Waals surface area contributed by atoms with Gasteiger partial charge in [0.05, 0.1) is 11.4 Å². The van der Waals surface area contributed by atoms with Gasteiger partial charge in [0.25, 0.3) is 0 Å². The fraction of sp³-hybridized carbons (Fsp3) is 1.00. The summed E-state index contributed by atoms with van der Waals surface area (Å²) in [6, 6.07) is 0. The minimum absolute atomic E-state index is 0.147. The lowest BCUT2D eigenvalue weighted by Crippen LogP contribution is -2.38. The van der Waals surface area contributed by atoms with E-state index in [0.717, 1.165) is 0 Å². The van der Waals surface area contributed by atoms with Crippen LogP contribution in [0.5, 0.6) is 0 Å². The number of sulfone groups is 1. The molecule has 0 saturated carbocycles. The maximum Gasteiger partial charge on any atom is 0.148 e. The first-order valence-corrected chi connectivity index (χ1v) is 7.01. The zero-order valence-corrected chi connectivity index (χ0v) is 10.5. The molecule has 1 atom stereocenters. The van der Waals surface area contributed by atoms with Crippen molar-refractivity contribution in [2.45, 2.75) is 18.9 Å². The van der Waals surface area contributed by atoms with Crippen molar-refractivity contribution < 1.29 is 13.5 Å². The highest BCUT2D eigenvalue weighted by Crippen LogP contribution is 2.07. The Kier molecular flexibility index (Phi) is 5.72. The Morgan fingerprint density at radius 2 is 1.93 bits per heavy atom. The number of hydrogen-bond donors (Lipinski definition) is 2. The monoisotopic (exact) mass is 238 g/mol. The van der Waals surface area contributed by atoms with Gasteiger partial charge in [-0.15, -0.1) is 0 Å². The first kappa shape index (κ1) is 14.8. The van der Waals surface area contributed by atoms with E-state index in [4.69, 9.17) is 5.73 Å². The SMILES string of the molecule is CN(CCC(C)(O)CN)CCS(C)(=O)=O. The summed E-state index contributed by atoms with van der Waals surface area (Å²) in [5.41, 5.74) is 4.51. The van der Waals surface area contributed by atoms with E-state index in [1.807, 2.05) is 11.9 Å². The molecule has 0 rings (SSSR count). The largest absolute Gasteiger partial charge is 0.389 e. The molecule has 0 amide bonds. The van der Waals surface area contributed by atoms with Crippen LogP contribution in [0.2, 0.25) is 0 Å². The molecule has 0 aromatic rings. The van der Waals surface area contributed by atoms with Gasteiger partial charge in [-0.1, -0.05) is 0 Å². The third kappa shape index (κ3) is 8.80. The van der Waals surface area contributed by atoms with Crippen LogP contribution < -0.4 is 5.73 Å². The average molecular weight is 238 g/mol. The van der Waals surface area contributed by atoms with E-state index in [9.17, 15) is 13.5 Å². The maximum absolute atomic E-state index is 10.9. The van der Waals surface area contributed by atoms with Crippen LogP contribution in [0.25, 0.3) is 0 Å². The van der Waals surface area contributed by atoms with E-state index in [1.54, 1.807) is 6.92 Å². The molecule has 0 fully saturated rings. The summed E-state index contributed by atoms with van der Waals surface area (Å²) in [6.07, 6.45) is 1.76. The Bertz CT molecular complexity index is 275. The van der Waals surface area contributed by atoms with Gasteiger partial charge in [-0.2, -0.15) is 0 Å². The van der Waals surface area contributed by atoms with Crippen LogP contribution >= 0.6 is 0 Å². The Balaban J connectivity index is 3.81. The quantitative estimate of drug-likeness (QED) is 0.598. The standard InChI is InChI=1S/C9H22N2O3S/c1-9(12,8-10)4-5-11(2)6-7-15(3,13)14/h12H,4-8,10H2,1-3H3. The van der Waals surface area contributed by atoms with Gasteiger partial charge in [0, 0.05) is 25.9 Å². The van der Waals surface area contributed by atoms with Crippen molar-refractivity contribution in [3.63, 3.8) is 0 Å². The van der Waals surface area contributed by atoms with Gasteiger partial charge in [-0.25, -0.2) is 8.42 Å². The molecule has 0 saturated heterocycles. The van der Waals surface area contributed by atoms with Crippen LogP contribution in [0.4, 0.5) is 0 Å². The third-order valence-corrected chi connectivity index (χ3v) is 3.24. The summed E-state index contributed by atoms with van der Waals surface area (Å²) >= 11 is 0. The van der Waals surface area contributed by atoms with Crippen LogP contribution in [0.1, 0.15) is 13.3 Å². The fourth-order valence-corrected chi connectivity index (χ4v) is 1.61. The Morgan fingerprint density at radius 3 is 2.33 bits per heavy atom. The zero-order chi connectivity index (χ0) is 12.1. The van der Waals surface area contributed by atoms with Crippen LogP contribution in [-0.2, 0) is 9.84 Å². The summed E-state index contributed by atoms with van der Waals surface area (Å²) in [4.78, 5) is 1.88.